The predicted octanol–water partition coefficient (Wildman–Crippen LogP) is 4.10. The van der Waals surface area contributed by atoms with Crippen molar-refractivity contribution in [3.63, 3.8) is 0 Å². The van der Waals surface area contributed by atoms with E-state index in [9.17, 15) is 14.7 Å². The van der Waals surface area contributed by atoms with Crippen molar-refractivity contribution in [3.05, 3.63) is 70.2 Å². The van der Waals surface area contributed by atoms with Crippen LogP contribution in [-0.2, 0) is 25.5 Å². The van der Waals surface area contributed by atoms with Gasteiger partial charge < -0.3 is 34.4 Å². The zero-order valence-corrected chi connectivity index (χ0v) is 24.2. The Balaban J connectivity index is 1.55. The Morgan fingerprint density at radius 3 is 2.56 bits per heavy atom. The summed E-state index contributed by atoms with van der Waals surface area (Å²) >= 11 is 12.4. The first-order chi connectivity index (χ1) is 19.9. The summed E-state index contributed by atoms with van der Waals surface area (Å²) in [6, 6.07) is 10.6. The highest BCUT2D eigenvalue weighted by molar-refractivity contribution is 6.35. The van der Waals surface area contributed by atoms with Crippen molar-refractivity contribution in [2.45, 2.75) is 19.0 Å². The Hall–Kier alpha value is -3.03. The Bertz CT molecular complexity index is 1260. The first kappa shape index (κ1) is 32.5. The summed E-state index contributed by atoms with van der Waals surface area (Å²) in [5, 5.41) is 19.6. The molecule has 41 heavy (non-hydrogen) atoms. The molecule has 2 aromatic carbocycles. The number of halogens is 2. The molecule has 222 valence electrons. The number of methoxy groups -OCH3 is 1. The summed E-state index contributed by atoms with van der Waals surface area (Å²) in [4.78, 5) is 29.1. The fraction of sp³-hybridized carbons (Fsp3) is 0.393. The zero-order chi connectivity index (χ0) is 29.5. The van der Waals surface area contributed by atoms with Crippen LogP contribution < -0.4 is 16.0 Å². The van der Waals surface area contributed by atoms with E-state index in [0.29, 0.717) is 79.8 Å². The molecule has 4 N–H and O–H groups in total. The van der Waals surface area contributed by atoms with Gasteiger partial charge in [-0.2, -0.15) is 0 Å². The molecule has 13 heteroatoms. The lowest BCUT2D eigenvalue weighted by Gasteiger charge is -2.19. The highest BCUT2D eigenvalue weighted by Crippen LogP contribution is 2.31. The Labute approximate surface area is 248 Å². The molecule has 3 aromatic rings. The molecule has 3 rings (SSSR count). The molecule has 0 spiro atoms. The van der Waals surface area contributed by atoms with E-state index < -0.39 is 17.9 Å². The van der Waals surface area contributed by atoms with Gasteiger partial charge in [-0.15, -0.1) is 0 Å². The maximum absolute atomic E-state index is 13.2. The first-order valence-corrected chi connectivity index (χ1v) is 13.8. The monoisotopic (exact) mass is 608 g/mol. The van der Waals surface area contributed by atoms with E-state index in [1.807, 2.05) is 0 Å². The fourth-order valence-electron chi connectivity index (χ4n) is 3.72. The SMILES string of the molecule is COCCOCCOCCNCCC(NCc1ncc(-c2cc(Cl)ccc2Cl)o1)C(=O)Nc1ccccc1C(=O)O. The van der Waals surface area contributed by atoms with Gasteiger partial charge in [0.05, 0.1) is 68.1 Å². The number of carboxylic acids is 1. The van der Waals surface area contributed by atoms with Gasteiger partial charge >= 0.3 is 5.97 Å². The van der Waals surface area contributed by atoms with Crippen LogP contribution in [0.15, 0.2) is 53.1 Å². The van der Waals surface area contributed by atoms with Gasteiger partial charge in [0.25, 0.3) is 0 Å². The number of nitrogens with one attached hydrogen (secondary N) is 3. The fourth-order valence-corrected chi connectivity index (χ4v) is 4.10. The quantitative estimate of drug-likeness (QED) is 0.147. The van der Waals surface area contributed by atoms with Crippen LogP contribution in [0.1, 0.15) is 22.7 Å². The minimum Gasteiger partial charge on any atom is -0.478 e. The molecule has 0 radical (unpaired) electrons. The van der Waals surface area contributed by atoms with Gasteiger partial charge in [0, 0.05) is 24.2 Å². The number of carbonyl (C=O) groups excluding carboxylic acids is 1. The molecule has 0 bridgehead atoms. The largest absolute Gasteiger partial charge is 0.478 e. The molecule has 1 unspecified atom stereocenters. The lowest BCUT2D eigenvalue weighted by atomic mass is 10.1. The van der Waals surface area contributed by atoms with Crippen LogP contribution in [0.4, 0.5) is 5.69 Å². The molecule has 1 atom stereocenters. The summed E-state index contributed by atoms with van der Waals surface area (Å²) in [7, 11) is 1.62. The average Bonchev–Trinajstić information content (AvgIpc) is 3.43. The normalized spacial score (nSPS) is 11.9. The standard InChI is InChI=1S/C28H34Cl2N4O7/c1-38-12-13-40-15-14-39-11-10-31-9-8-24(27(35)34-23-5-3-2-4-20(23)28(36)37)32-18-26-33-17-25(41-26)21-16-19(29)6-7-22(21)30/h2-7,16-17,24,31-32H,8-15,18H2,1H3,(H,34,35)(H,36,37). The Kier molecular flexibility index (Phi) is 14.0. The lowest BCUT2D eigenvalue weighted by molar-refractivity contribution is -0.118. The van der Waals surface area contributed by atoms with Crippen LogP contribution in [0.5, 0.6) is 0 Å². The molecular weight excluding hydrogens is 575 g/mol. The van der Waals surface area contributed by atoms with Crippen molar-refractivity contribution in [3.8, 4) is 11.3 Å². The number of amides is 1. The van der Waals surface area contributed by atoms with E-state index in [1.54, 1.807) is 43.5 Å². The molecule has 1 heterocycles. The van der Waals surface area contributed by atoms with E-state index in [2.05, 4.69) is 20.9 Å². The van der Waals surface area contributed by atoms with Crippen molar-refractivity contribution in [1.29, 1.82) is 0 Å². The number of anilines is 1. The molecular formula is C28H34Cl2N4O7. The smallest absolute Gasteiger partial charge is 0.337 e. The minimum absolute atomic E-state index is 0.00295. The van der Waals surface area contributed by atoms with Crippen molar-refractivity contribution in [2.75, 3.05) is 58.6 Å². The lowest BCUT2D eigenvalue weighted by Crippen LogP contribution is -2.42. The number of aromatic nitrogens is 1. The van der Waals surface area contributed by atoms with Crippen LogP contribution in [0.2, 0.25) is 10.0 Å². The number of hydrogen-bond donors (Lipinski definition) is 4. The van der Waals surface area contributed by atoms with Crippen molar-refractivity contribution < 1.29 is 33.3 Å². The van der Waals surface area contributed by atoms with Crippen molar-refractivity contribution in [2.24, 2.45) is 0 Å². The maximum Gasteiger partial charge on any atom is 0.337 e. The Morgan fingerprint density at radius 2 is 1.78 bits per heavy atom. The predicted molar refractivity (Wildman–Crippen MR) is 156 cm³/mol. The van der Waals surface area contributed by atoms with Gasteiger partial charge in [-0.05, 0) is 43.3 Å². The molecule has 0 aliphatic rings. The molecule has 0 aliphatic heterocycles. The van der Waals surface area contributed by atoms with Gasteiger partial charge in [-0.1, -0.05) is 35.3 Å². The van der Waals surface area contributed by atoms with Crippen LogP contribution in [0.25, 0.3) is 11.3 Å². The highest BCUT2D eigenvalue weighted by atomic mass is 35.5. The van der Waals surface area contributed by atoms with E-state index in [1.165, 1.54) is 12.3 Å². The van der Waals surface area contributed by atoms with E-state index in [4.69, 9.17) is 41.8 Å². The third-order valence-electron chi connectivity index (χ3n) is 5.82. The van der Waals surface area contributed by atoms with Gasteiger partial charge in [0.2, 0.25) is 11.8 Å². The summed E-state index contributed by atoms with van der Waals surface area (Å²) in [5.41, 5.74) is 0.808. The molecule has 0 saturated heterocycles. The number of para-hydroxylation sites is 1. The van der Waals surface area contributed by atoms with Gasteiger partial charge in [-0.25, -0.2) is 9.78 Å². The summed E-state index contributed by atoms with van der Waals surface area (Å²) in [6.45, 7) is 3.72. The number of carboxylic acid groups (broad SMARTS) is 1. The molecule has 0 saturated carbocycles. The second kappa shape index (κ2) is 17.7. The summed E-state index contributed by atoms with van der Waals surface area (Å²) in [5.74, 6) is -0.747. The number of nitrogens with zero attached hydrogens (tertiary/aromatic N) is 1. The number of carbonyl (C=O) groups is 2. The topological polar surface area (TPSA) is 144 Å². The van der Waals surface area contributed by atoms with E-state index >= 15 is 0 Å². The maximum atomic E-state index is 13.2. The Morgan fingerprint density at radius 1 is 1.02 bits per heavy atom. The molecule has 1 aromatic heterocycles. The molecule has 0 fully saturated rings. The zero-order valence-electron chi connectivity index (χ0n) is 22.7. The van der Waals surface area contributed by atoms with Crippen LogP contribution in [-0.4, -0.2) is 81.2 Å². The van der Waals surface area contributed by atoms with Crippen molar-refractivity contribution >= 4 is 40.8 Å². The molecule has 1 amide bonds. The number of aromatic carboxylic acids is 1. The first-order valence-electron chi connectivity index (χ1n) is 13.0. The number of oxazole rings is 1. The van der Waals surface area contributed by atoms with Crippen LogP contribution in [0.3, 0.4) is 0 Å². The minimum atomic E-state index is -1.14. The summed E-state index contributed by atoms with van der Waals surface area (Å²) in [6.07, 6.45) is 1.94. The average molecular weight is 610 g/mol. The van der Waals surface area contributed by atoms with E-state index in [-0.39, 0.29) is 17.8 Å². The summed E-state index contributed by atoms with van der Waals surface area (Å²) < 4.78 is 21.6. The number of rotatable bonds is 19. The number of ether oxygens (including phenoxy) is 3. The van der Waals surface area contributed by atoms with Crippen molar-refractivity contribution in [1.82, 2.24) is 15.6 Å². The second-order valence-corrected chi connectivity index (χ2v) is 9.62. The molecule has 11 nitrogen and oxygen atoms in total. The molecule has 0 aliphatic carbocycles. The van der Waals surface area contributed by atoms with E-state index in [0.717, 1.165) is 0 Å². The van der Waals surface area contributed by atoms with Gasteiger partial charge in [0.1, 0.15) is 0 Å². The highest BCUT2D eigenvalue weighted by Gasteiger charge is 2.21. The third-order valence-corrected chi connectivity index (χ3v) is 6.38. The van der Waals surface area contributed by atoms with Crippen LogP contribution >= 0.6 is 23.2 Å². The third kappa shape index (κ3) is 11.0. The van der Waals surface area contributed by atoms with Gasteiger partial charge in [-0.3, -0.25) is 10.1 Å². The second-order valence-electron chi connectivity index (χ2n) is 8.77. The van der Waals surface area contributed by atoms with Crippen LogP contribution in [0, 0.1) is 0 Å². The number of benzene rings is 2. The number of hydrogen-bond acceptors (Lipinski definition) is 9. The van der Waals surface area contributed by atoms with Gasteiger partial charge in [0.15, 0.2) is 5.76 Å².